The Labute approximate surface area is 90.3 Å². The summed E-state index contributed by atoms with van der Waals surface area (Å²) in [6.45, 7) is 5.98. The minimum atomic E-state index is -0.582. The minimum absolute atomic E-state index is 0.0775. The number of ether oxygens (including phenoxy) is 1. The molecule has 2 N–H and O–H groups in total. The zero-order valence-corrected chi connectivity index (χ0v) is 9.59. The van der Waals surface area contributed by atoms with Crippen molar-refractivity contribution in [2.75, 3.05) is 13.2 Å². The highest BCUT2D eigenvalue weighted by Gasteiger charge is 2.24. The third-order valence-corrected chi connectivity index (χ3v) is 2.44. The molecule has 0 spiro atoms. The van der Waals surface area contributed by atoms with E-state index in [4.69, 9.17) is 9.84 Å². The Balaban J connectivity index is 2.68. The van der Waals surface area contributed by atoms with E-state index in [2.05, 4.69) is 5.32 Å². The molecule has 0 saturated carbocycles. The molecular weight excluding hydrogens is 194 g/mol. The van der Waals surface area contributed by atoms with Crippen LogP contribution in [0.1, 0.15) is 33.6 Å². The average molecular weight is 213 g/mol. The number of aliphatic hydroxyl groups excluding tert-OH is 1. The lowest BCUT2D eigenvalue weighted by Crippen LogP contribution is -2.47. The molecule has 86 valence electrons. The molecule has 1 aliphatic heterocycles. The van der Waals surface area contributed by atoms with Crippen molar-refractivity contribution in [3.8, 4) is 0 Å². The van der Waals surface area contributed by atoms with Crippen LogP contribution in [0.4, 0.5) is 0 Å². The normalized spacial score (nSPS) is 17.3. The predicted octanol–water partition coefficient (Wildman–Crippen LogP) is 0.958. The van der Waals surface area contributed by atoms with E-state index in [-0.39, 0.29) is 12.5 Å². The first-order valence-corrected chi connectivity index (χ1v) is 5.22. The molecule has 0 aromatic heterocycles. The molecule has 0 aromatic rings. The van der Waals surface area contributed by atoms with E-state index in [1.165, 1.54) is 0 Å². The summed E-state index contributed by atoms with van der Waals surface area (Å²) >= 11 is 0. The summed E-state index contributed by atoms with van der Waals surface area (Å²) < 4.78 is 5.32. The molecule has 0 fully saturated rings. The molecule has 0 aromatic carbocycles. The van der Waals surface area contributed by atoms with Crippen molar-refractivity contribution >= 4 is 5.91 Å². The summed E-state index contributed by atoms with van der Waals surface area (Å²) in [7, 11) is 0. The molecule has 1 rings (SSSR count). The summed E-state index contributed by atoms with van der Waals surface area (Å²) in [5, 5.41) is 11.8. The van der Waals surface area contributed by atoms with Gasteiger partial charge < -0.3 is 15.2 Å². The van der Waals surface area contributed by atoms with Crippen molar-refractivity contribution in [1.29, 1.82) is 0 Å². The topological polar surface area (TPSA) is 58.6 Å². The Hall–Kier alpha value is -1.03. The van der Waals surface area contributed by atoms with Crippen LogP contribution in [-0.2, 0) is 9.53 Å². The van der Waals surface area contributed by atoms with Crippen LogP contribution in [0.2, 0.25) is 0 Å². The molecule has 0 radical (unpaired) electrons. The summed E-state index contributed by atoms with van der Waals surface area (Å²) in [6, 6.07) is 0. The van der Waals surface area contributed by atoms with Gasteiger partial charge in [-0.3, -0.25) is 4.79 Å². The Morgan fingerprint density at radius 3 is 2.80 bits per heavy atom. The van der Waals surface area contributed by atoms with Crippen LogP contribution >= 0.6 is 0 Å². The number of aliphatic hydroxyl groups is 1. The lowest BCUT2D eigenvalue weighted by atomic mass is 10.0. The van der Waals surface area contributed by atoms with E-state index in [0.717, 1.165) is 12.8 Å². The molecule has 1 amide bonds. The van der Waals surface area contributed by atoms with Crippen LogP contribution in [0.25, 0.3) is 0 Å². The monoisotopic (exact) mass is 213 g/mol. The van der Waals surface area contributed by atoms with Crippen molar-refractivity contribution in [2.45, 2.75) is 39.2 Å². The molecule has 4 heteroatoms. The Kier molecular flexibility index (Phi) is 3.74. The lowest BCUT2D eigenvalue weighted by Gasteiger charge is -2.26. The fourth-order valence-electron chi connectivity index (χ4n) is 1.43. The second-order valence-corrected chi connectivity index (χ2v) is 4.48. The molecule has 0 bridgehead atoms. The largest absolute Gasteiger partial charge is 0.498 e. The summed E-state index contributed by atoms with van der Waals surface area (Å²) in [5.74, 6) is 0.568. The van der Waals surface area contributed by atoms with Crippen molar-refractivity contribution in [2.24, 2.45) is 0 Å². The fraction of sp³-hybridized carbons (Fsp3) is 0.727. The van der Waals surface area contributed by atoms with E-state index in [9.17, 15) is 4.79 Å². The van der Waals surface area contributed by atoms with Crippen molar-refractivity contribution < 1.29 is 14.6 Å². The van der Waals surface area contributed by atoms with Gasteiger partial charge in [-0.25, -0.2) is 0 Å². The Bertz CT molecular complexity index is 282. The van der Waals surface area contributed by atoms with Crippen LogP contribution in [0, 0.1) is 0 Å². The number of amides is 1. The molecule has 0 saturated heterocycles. The van der Waals surface area contributed by atoms with Crippen LogP contribution in [0.15, 0.2) is 11.3 Å². The minimum Gasteiger partial charge on any atom is -0.498 e. The molecule has 0 atom stereocenters. The maximum Gasteiger partial charge on any atom is 0.251 e. The average Bonchev–Trinajstić information content (AvgIpc) is 2.17. The second-order valence-electron chi connectivity index (χ2n) is 4.48. The highest BCUT2D eigenvalue weighted by molar-refractivity contribution is 5.94. The van der Waals surface area contributed by atoms with Gasteiger partial charge in [-0.15, -0.1) is 0 Å². The highest BCUT2D eigenvalue weighted by Crippen LogP contribution is 2.19. The van der Waals surface area contributed by atoms with Gasteiger partial charge in [-0.1, -0.05) is 0 Å². The van der Waals surface area contributed by atoms with Crippen LogP contribution in [-0.4, -0.2) is 29.8 Å². The quantitative estimate of drug-likeness (QED) is 0.734. The Morgan fingerprint density at radius 2 is 2.27 bits per heavy atom. The molecule has 0 unspecified atom stereocenters. The number of carbonyl (C=O) groups excluding carboxylic acids is 1. The van der Waals surface area contributed by atoms with Crippen LogP contribution in [0.5, 0.6) is 0 Å². The van der Waals surface area contributed by atoms with Gasteiger partial charge >= 0.3 is 0 Å². The van der Waals surface area contributed by atoms with E-state index in [1.807, 2.05) is 0 Å². The second kappa shape index (κ2) is 4.66. The number of carbonyl (C=O) groups is 1. The number of hydrogen-bond acceptors (Lipinski definition) is 3. The number of nitrogens with one attached hydrogen (secondary N) is 1. The standard InChI is InChI=1S/C11H19NO3/c1-8-9(5-4-6-15-8)10(14)12-11(2,3)7-13/h13H,4-7H2,1-3H3,(H,12,14). The van der Waals surface area contributed by atoms with Gasteiger partial charge in [0.15, 0.2) is 0 Å². The van der Waals surface area contributed by atoms with E-state index >= 15 is 0 Å². The first-order chi connectivity index (χ1) is 6.96. The van der Waals surface area contributed by atoms with E-state index in [0.29, 0.717) is 17.9 Å². The summed E-state index contributed by atoms with van der Waals surface area (Å²) in [5.41, 5.74) is 0.115. The first kappa shape index (κ1) is 12.0. The van der Waals surface area contributed by atoms with E-state index in [1.54, 1.807) is 20.8 Å². The third kappa shape index (κ3) is 3.23. The van der Waals surface area contributed by atoms with Crippen LogP contribution < -0.4 is 5.32 Å². The molecular formula is C11H19NO3. The van der Waals surface area contributed by atoms with Crippen molar-refractivity contribution in [1.82, 2.24) is 5.32 Å². The lowest BCUT2D eigenvalue weighted by molar-refractivity contribution is -0.120. The van der Waals surface area contributed by atoms with Gasteiger partial charge in [0.2, 0.25) is 0 Å². The number of rotatable bonds is 3. The molecule has 4 nitrogen and oxygen atoms in total. The predicted molar refractivity (Wildman–Crippen MR) is 57.2 cm³/mol. The number of allylic oxidation sites excluding steroid dienone is 1. The van der Waals surface area contributed by atoms with Gasteiger partial charge in [-0.2, -0.15) is 0 Å². The third-order valence-electron chi connectivity index (χ3n) is 2.44. The van der Waals surface area contributed by atoms with E-state index < -0.39 is 5.54 Å². The number of hydrogen-bond donors (Lipinski definition) is 2. The summed E-state index contributed by atoms with van der Waals surface area (Å²) in [4.78, 5) is 11.8. The zero-order valence-electron chi connectivity index (χ0n) is 9.59. The molecule has 1 aliphatic rings. The van der Waals surface area contributed by atoms with Gasteiger partial charge in [0.05, 0.1) is 24.3 Å². The van der Waals surface area contributed by atoms with Gasteiger partial charge in [0.25, 0.3) is 5.91 Å². The van der Waals surface area contributed by atoms with Crippen molar-refractivity contribution in [3.05, 3.63) is 11.3 Å². The van der Waals surface area contributed by atoms with Gasteiger partial charge in [0.1, 0.15) is 5.76 Å². The summed E-state index contributed by atoms with van der Waals surface area (Å²) in [6.07, 6.45) is 1.62. The maximum absolute atomic E-state index is 11.8. The SMILES string of the molecule is CC1=C(C(=O)NC(C)(C)CO)CCCO1. The Morgan fingerprint density at radius 1 is 1.60 bits per heavy atom. The van der Waals surface area contributed by atoms with Gasteiger partial charge in [0, 0.05) is 0 Å². The molecule has 15 heavy (non-hydrogen) atoms. The molecule has 0 aliphatic carbocycles. The van der Waals surface area contributed by atoms with Gasteiger partial charge in [-0.05, 0) is 33.6 Å². The smallest absolute Gasteiger partial charge is 0.251 e. The fourth-order valence-corrected chi connectivity index (χ4v) is 1.43. The van der Waals surface area contributed by atoms with Crippen molar-refractivity contribution in [3.63, 3.8) is 0 Å². The highest BCUT2D eigenvalue weighted by atomic mass is 16.5. The first-order valence-electron chi connectivity index (χ1n) is 5.22. The van der Waals surface area contributed by atoms with Crippen LogP contribution in [0.3, 0.4) is 0 Å². The maximum atomic E-state index is 11.8. The zero-order chi connectivity index (χ0) is 11.5. The molecule has 1 heterocycles.